The summed E-state index contributed by atoms with van der Waals surface area (Å²) in [5.74, 6) is 0.363. The van der Waals surface area contributed by atoms with Crippen LogP contribution in [0.25, 0.3) is 0 Å². The van der Waals surface area contributed by atoms with E-state index < -0.39 is 0 Å². The van der Waals surface area contributed by atoms with Gasteiger partial charge >= 0.3 is 5.97 Å². The number of methoxy groups -OCH3 is 1. The van der Waals surface area contributed by atoms with Gasteiger partial charge in [-0.25, -0.2) is 14.8 Å². The van der Waals surface area contributed by atoms with Gasteiger partial charge in [0.1, 0.15) is 5.82 Å². The predicted molar refractivity (Wildman–Crippen MR) is 71.9 cm³/mol. The zero-order valence-corrected chi connectivity index (χ0v) is 10.9. The average Bonchev–Trinajstić information content (AvgIpc) is 2.45. The lowest BCUT2D eigenvalue weighted by Crippen LogP contribution is -2.09. The number of para-hydroxylation sites is 1. The molecule has 0 atom stereocenters. The molecule has 0 saturated heterocycles. The first-order valence-electron chi connectivity index (χ1n) is 5.90. The fraction of sp³-hybridized carbons (Fsp3) is 0.214. The molecule has 0 bridgehead atoms. The monoisotopic (exact) mass is 257 g/mol. The number of aromatic nitrogens is 2. The van der Waals surface area contributed by atoms with E-state index in [0.717, 1.165) is 17.2 Å². The van der Waals surface area contributed by atoms with Gasteiger partial charge in [0.25, 0.3) is 0 Å². The molecule has 0 radical (unpaired) electrons. The van der Waals surface area contributed by atoms with Crippen LogP contribution in [0.15, 0.2) is 36.5 Å². The number of aryl methyl sites for hydroxylation is 1. The van der Waals surface area contributed by atoms with Crippen LogP contribution in [-0.2, 0) is 11.3 Å². The molecule has 0 aliphatic heterocycles. The van der Waals surface area contributed by atoms with Gasteiger partial charge < -0.3 is 10.1 Å². The Hall–Kier alpha value is -2.43. The maximum Gasteiger partial charge on any atom is 0.339 e. The smallest absolute Gasteiger partial charge is 0.339 e. The Kier molecular flexibility index (Phi) is 4.07. The summed E-state index contributed by atoms with van der Waals surface area (Å²) in [4.78, 5) is 19.9. The Morgan fingerprint density at radius 2 is 2.11 bits per heavy atom. The summed E-state index contributed by atoms with van der Waals surface area (Å²) in [5.41, 5.74) is 2.11. The summed E-state index contributed by atoms with van der Waals surface area (Å²) in [7, 11) is 1.37. The van der Waals surface area contributed by atoms with Crippen LogP contribution in [0.4, 0.5) is 5.69 Å². The van der Waals surface area contributed by atoms with Crippen LogP contribution in [0.3, 0.4) is 0 Å². The lowest BCUT2D eigenvalue weighted by atomic mass is 10.2. The number of benzene rings is 1. The molecule has 1 aromatic heterocycles. The second-order valence-corrected chi connectivity index (χ2v) is 3.99. The van der Waals surface area contributed by atoms with Crippen molar-refractivity contribution in [3.05, 3.63) is 53.6 Å². The first-order chi connectivity index (χ1) is 9.20. The van der Waals surface area contributed by atoms with E-state index in [4.69, 9.17) is 4.74 Å². The number of anilines is 1. The van der Waals surface area contributed by atoms with Gasteiger partial charge in [0.15, 0.2) is 0 Å². The minimum absolute atomic E-state index is 0.359. The van der Waals surface area contributed by atoms with E-state index in [-0.39, 0.29) is 5.97 Å². The molecule has 0 unspecified atom stereocenters. The number of hydrogen-bond donors (Lipinski definition) is 1. The number of ether oxygens (including phenoxy) is 1. The predicted octanol–water partition coefficient (Wildman–Crippen LogP) is 2.18. The molecule has 0 spiro atoms. The van der Waals surface area contributed by atoms with Crippen molar-refractivity contribution in [2.45, 2.75) is 13.5 Å². The molecule has 0 saturated carbocycles. The molecule has 5 heteroatoms. The highest BCUT2D eigenvalue weighted by molar-refractivity contribution is 5.95. The number of carbonyl (C=O) groups is 1. The molecule has 0 amide bonds. The van der Waals surface area contributed by atoms with Crippen molar-refractivity contribution in [1.29, 1.82) is 0 Å². The van der Waals surface area contributed by atoms with Crippen molar-refractivity contribution in [2.24, 2.45) is 0 Å². The number of nitrogens with zero attached hydrogens (tertiary/aromatic N) is 2. The molecule has 1 aromatic carbocycles. The second-order valence-electron chi connectivity index (χ2n) is 3.99. The third-order valence-corrected chi connectivity index (χ3v) is 2.63. The Bertz CT molecular complexity index is 584. The molecule has 0 aliphatic rings. The fourth-order valence-electron chi connectivity index (χ4n) is 1.71. The van der Waals surface area contributed by atoms with E-state index in [1.807, 2.05) is 25.1 Å². The van der Waals surface area contributed by atoms with Crippen LogP contribution >= 0.6 is 0 Å². The van der Waals surface area contributed by atoms with Crippen molar-refractivity contribution < 1.29 is 9.53 Å². The lowest BCUT2D eigenvalue weighted by molar-refractivity contribution is 0.0602. The van der Waals surface area contributed by atoms with Gasteiger partial charge in [-0.3, -0.25) is 0 Å². The fourth-order valence-corrected chi connectivity index (χ4v) is 1.71. The number of hydrogen-bond acceptors (Lipinski definition) is 5. The van der Waals surface area contributed by atoms with Gasteiger partial charge in [-0.1, -0.05) is 12.1 Å². The first-order valence-corrected chi connectivity index (χ1v) is 5.90. The van der Waals surface area contributed by atoms with Crippen molar-refractivity contribution >= 4 is 11.7 Å². The van der Waals surface area contributed by atoms with Gasteiger partial charge in [-0.05, 0) is 25.1 Å². The van der Waals surface area contributed by atoms with Crippen LogP contribution < -0.4 is 5.32 Å². The number of rotatable bonds is 4. The van der Waals surface area contributed by atoms with Gasteiger partial charge in [0, 0.05) is 11.9 Å². The Morgan fingerprint density at radius 1 is 1.32 bits per heavy atom. The number of carbonyl (C=O) groups excluding carboxylic acids is 1. The highest BCUT2D eigenvalue weighted by Gasteiger charge is 2.10. The minimum Gasteiger partial charge on any atom is -0.465 e. The van der Waals surface area contributed by atoms with Crippen molar-refractivity contribution in [2.75, 3.05) is 12.4 Å². The highest BCUT2D eigenvalue weighted by Crippen LogP contribution is 2.16. The van der Waals surface area contributed by atoms with Crippen LogP contribution in [0.2, 0.25) is 0 Å². The quantitative estimate of drug-likeness (QED) is 0.850. The molecule has 5 nitrogen and oxygen atoms in total. The second kappa shape index (κ2) is 5.95. The summed E-state index contributed by atoms with van der Waals surface area (Å²) in [6.45, 7) is 2.36. The van der Waals surface area contributed by atoms with E-state index in [1.54, 1.807) is 18.3 Å². The summed E-state index contributed by atoms with van der Waals surface area (Å²) in [5, 5.41) is 3.18. The van der Waals surface area contributed by atoms with E-state index in [9.17, 15) is 4.79 Å². The molecular formula is C14H15N3O2. The Labute approximate surface area is 111 Å². The summed E-state index contributed by atoms with van der Waals surface area (Å²) < 4.78 is 4.74. The zero-order chi connectivity index (χ0) is 13.7. The summed E-state index contributed by atoms with van der Waals surface area (Å²) >= 11 is 0. The molecule has 98 valence electrons. The third kappa shape index (κ3) is 3.28. The zero-order valence-electron chi connectivity index (χ0n) is 10.9. The Morgan fingerprint density at radius 3 is 2.84 bits per heavy atom. The van der Waals surface area contributed by atoms with Gasteiger partial charge in [0.05, 0.1) is 24.9 Å². The van der Waals surface area contributed by atoms with Crippen LogP contribution in [0, 0.1) is 6.92 Å². The maximum absolute atomic E-state index is 11.6. The molecule has 2 rings (SSSR count). The van der Waals surface area contributed by atoms with Crippen LogP contribution in [-0.4, -0.2) is 23.0 Å². The maximum atomic E-state index is 11.6. The molecule has 0 aliphatic carbocycles. The topological polar surface area (TPSA) is 64.1 Å². The van der Waals surface area contributed by atoms with Crippen molar-refractivity contribution in [3.63, 3.8) is 0 Å². The number of nitrogens with one attached hydrogen (secondary N) is 1. The molecule has 1 heterocycles. The Balaban J connectivity index is 2.13. The van der Waals surface area contributed by atoms with E-state index in [2.05, 4.69) is 15.3 Å². The standard InChI is InChI=1S/C14H15N3O2/c1-10-15-8-7-11(17-10)9-16-13-6-4-3-5-12(13)14(18)19-2/h3-8,16H,9H2,1-2H3. The molecule has 1 N–H and O–H groups in total. The van der Waals surface area contributed by atoms with Gasteiger partial charge in [-0.2, -0.15) is 0 Å². The van der Waals surface area contributed by atoms with Crippen molar-refractivity contribution in [3.8, 4) is 0 Å². The van der Waals surface area contributed by atoms with E-state index in [0.29, 0.717) is 12.1 Å². The highest BCUT2D eigenvalue weighted by atomic mass is 16.5. The molecule has 2 aromatic rings. The summed E-state index contributed by atoms with van der Waals surface area (Å²) in [6, 6.07) is 9.05. The largest absolute Gasteiger partial charge is 0.465 e. The normalized spacial score (nSPS) is 10.0. The molecular weight excluding hydrogens is 242 g/mol. The van der Waals surface area contributed by atoms with E-state index in [1.165, 1.54) is 7.11 Å². The average molecular weight is 257 g/mol. The molecule has 19 heavy (non-hydrogen) atoms. The summed E-state index contributed by atoms with van der Waals surface area (Å²) in [6.07, 6.45) is 1.71. The van der Waals surface area contributed by atoms with Crippen LogP contribution in [0.5, 0.6) is 0 Å². The molecule has 0 fully saturated rings. The SMILES string of the molecule is COC(=O)c1ccccc1NCc1ccnc(C)n1. The number of esters is 1. The first kappa shape index (κ1) is 13.0. The minimum atomic E-state index is -0.359. The lowest BCUT2D eigenvalue weighted by Gasteiger charge is -2.10. The van der Waals surface area contributed by atoms with Gasteiger partial charge in [-0.15, -0.1) is 0 Å². The van der Waals surface area contributed by atoms with E-state index >= 15 is 0 Å². The van der Waals surface area contributed by atoms with Crippen LogP contribution in [0.1, 0.15) is 21.9 Å². The third-order valence-electron chi connectivity index (χ3n) is 2.63. The van der Waals surface area contributed by atoms with Crippen molar-refractivity contribution in [1.82, 2.24) is 9.97 Å². The van der Waals surface area contributed by atoms with Gasteiger partial charge in [0.2, 0.25) is 0 Å².